The lowest BCUT2D eigenvalue weighted by Gasteiger charge is -2.13. The van der Waals surface area contributed by atoms with E-state index >= 15 is 0 Å². The predicted octanol–water partition coefficient (Wildman–Crippen LogP) is 4.60. The Morgan fingerprint density at radius 2 is 1.61 bits per heavy atom. The Kier molecular flexibility index (Phi) is 6.16. The van der Waals surface area contributed by atoms with Gasteiger partial charge in [-0.05, 0) is 53.2 Å². The number of carbonyl (C=O) groups is 2. The van der Waals surface area contributed by atoms with Crippen LogP contribution in [0.25, 0.3) is 6.08 Å². The fourth-order valence-corrected chi connectivity index (χ4v) is 3.71. The van der Waals surface area contributed by atoms with Crippen LogP contribution in [0.4, 0.5) is 4.79 Å². The van der Waals surface area contributed by atoms with Gasteiger partial charge in [0.2, 0.25) is 5.75 Å². The highest BCUT2D eigenvalue weighted by atomic mass is 35.5. The van der Waals surface area contributed by atoms with Crippen LogP contribution in [0, 0.1) is 0 Å². The zero-order valence-corrected chi connectivity index (χ0v) is 17.1. The van der Waals surface area contributed by atoms with Crippen molar-refractivity contribution in [3.05, 3.63) is 57.5 Å². The second-order valence-corrected chi connectivity index (χ2v) is 7.28. The number of hydrogen-bond acceptors (Lipinski definition) is 6. The molecule has 2 amide bonds. The molecule has 0 radical (unpaired) electrons. The molecule has 0 aromatic heterocycles. The van der Waals surface area contributed by atoms with Gasteiger partial charge in [0.15, 0.2) is 11.5 Å². The van der Waals surface area contributed by atoms with Crippen LogP contribution in [-0.2, 0) is 11.3 Å². The first-order chi connectivity index (χ1) is 13.5. The zero-order valence-electron chi connectivity index (χ0n) is 15.5. The van der Waals surface area contributed by atoms with E-state index in [2.05, 4.69) is 0 Å². The van der Waals surface area contributed by atoms with Crippen LogP contribution in [-0.4, -0.2) is 37.4 Å². The van der Waals surface area contributed by atoms with Crippen molar-refractivity contribution < 1.29 is 23.8 Å². The molecule has 0 spiro atoms. The van der Waals surface area contributed by atoms with Crippen molar-refractivity contribution in [2.75, 3.05) is 21.3 Å². The Labute approximate surface area is 172 Å². The molecule has 0 unspecified atom stereocenters. The summed E-state index contributed by atoms with van der Waals surface area (Å²) in [5.74, 6) is 1.04. The maximum Gasteiger partial charge on any atom is 0.293 e. The fourth-order valence-electron chi connectivity index (χ4n) is 2.74. The molecule has 1 saturated heterocycles. The molecule has 0 atom stereocenters. The summed E-state index contributed by atoms with van der Waals surface area (Å²) in [6.07, 6.45) is 1.64. The van der Waals surface area contributed by atoms with Crippen LogP contribution in [0.3, 0.4) is 0 Å². The van der Waals surface area contributed by atoms with Crippen molar-refractivity contribution in [1.29, 1.82) is 0 Å². The monoisotopic (exact) mass is 419 g/mol. The maximum absolute atomic E-state index is 12.7. The van der Waals surface area contributed by atoms with Gasteiger partial charge in [0, 0.05) is 5.02 Å². The smallest absolute Gasteiger partial charge is 0.293 e. The van der Waals surface area contributed by atoms with Gasteiger partial charge in [0.1, 0.15) is 0 Å². The van der Waals surface area contributed by atoms with E-state index in [0.29, 0.717) is 32.7 Å². The second-order valence-electron chi connectivity index (χ2n) is 5.85. The standard InChI is InChI=1S/C20H18ClNO5S/c1-25-15-8-13(9-16(26-2)18(15)27-3)10-17-19(23)22(20(24)28-17)11-12-4-6-14(21)7-5-12/h4-10H,11H2,1-3H3/b17-10-. The predicted molar refractivity (Wildman–Crippen MR) is 109 cm³/mol. The molecule has 1 aliphatic rings. The van der Waals surface area contributed by atoms with Gasteiger partial charge in [-0.3, -0.25) is 14.5 Å². The van der Waals surface area contributed by atoms with E-state index in [1.54, 1.807) is 42.5 Å². The fraction of sp³-hybridized carbons (Fsp3) is 0.200. The molecule has 0 bridgehead atoms. The molecular formula is C20H18ClNO5S. The molecule has 0 aliphatic carbocycles. The zero-order chi connectivity index (χ0) is 20.3. The van der Waals surface area contributed by atoms with Crippen molar-refractivity contribution in [2.45, 2.75) is 6.54 Å². The first kappa shape index (κ1) is 20.1. The third-order valence-corrected chi connectivity index (χ3v) is 5.27. The average molecular weight is 420 g/mol. The minimum Gasteiger partial charge on any atom is -0.493 e. The van der Waals surface area contributed by atoms with E-state index in [1.807, 2.05) is 0 Å². The molecule has 8 heteroatoms. The lowest BCUT2D eigenvalue weighted by molar-refractivity contribution is -0.123. The first-order valence-electron chi connectivity index (χ1n) is 8.26. The number of halogens is 1. The van der Waals surface area contributed by atoms with Crippen LogP contribution in [0.2, 0.25) is 5.02 Å². The van der Waals surface area contributed by atoms with Crippen LogP contribution >= 0.6 is 23.4 Å². The number of benzene rings is 2. The summed E-state index contributed by atoms with van der Waals surface area (Å²) >= 11 is 6.78. The number of imide groups is 1. The summed E-state index contributed by atoms with van der Waals surface area (Å²) in [6.45, 7) is 0.189. The van der Waals surface area contributed by atoms with Crippen LogP contribution in [0.5, 0.6) is 17.2 Å². The van der Waals surface area contributed by atoms with Gasteiger partial charge >= 0.3 is 0 Å². The summed E-state index contributed by atoms with van der Waals surface area (Å²) < 4.78 is 16.0. The van der Waals surface area contributed by atoms with Gasteiger partial charge in [-0.15, -0.1) is 0 Å². The third-order valence-electron chi connectivity index (χ3n) is 4.11. The lowest BCUT2D eigenvalue weighted by atomic mass is 10.1. The number of nitrogens with zero attached hydrogens (tertiary/aromatic N) is 1. The van der Waals surface area contributed by atoms with Gasteiger partial charge in [0.25, 0.3) is 11.1 Å². The van der Waals surface area contributed by atoms with Gasteiger partial charge < -0.3 is 14.2 Å². The summed E-state index contributed by atoms with van der Waals surface area (Å²) in [5, 5.41) is 0.277. The van der Waals surface area contributed by atoms with E-state index in [9.17, 15) is 9.59 Å². The van der Waals surface area contributed by atoms with Gasteiger partial charge in [-0.1, -0.05) is 23.7 Å². The Bertz CT molecular complexity index is 917. The van der Waals surface area contributed by atoms with Crippen LogP contribution in [0.15, 0.2) is 41.3 Å². The van der Waals surface area contributed by atoms with Gasteiger partial charge in [-0.25, -0.2) is 0 Å². The number of methoxy groups -OCH3 is 3. The van der Waals surface area contributed by atoms with E-state index < -0.39 is 0 Å². The van der Waals surface area contributed by atoms with Gasteiger partial charge in [0.05, 0.1) is 32.8 Å². The Hall–Kier alpha value is -2.64. The topological polar surface area (TPSA) is 65.1 Å². The van der Waals surface area contributed by atoms with E-state index in [0.717, 1.165) is 17.3 Å². The number of rotatable bonds is 6. The summed E-state index contributed by atoms with van der Waals surface area (Å²) in [4.78, 5) is 26.6. The quantitative estimate of drug-likeness (QED) is 0.637. The van der Waals surface area contributed by atoms with Crippen molar-refractivity contribution in [2.24, 2.45) is 0 Å². The van der Waals surface area contributed by atoms with Crippen LogP contribution in [0.1, 0.15) is 11.1 Å². The van der Waals surface area contributed by atoms with Crippen molar-refractivity contribution in [3.63, 3.8) is 0 Å². The summed E-state index contributed by atoms with van der Waals surface area (Å²) in [7, 11) is 4.55. The van der Waals surface area contributed by atoms with Crippen LogP contribution < -0.4 is 14.2 Å². The number of hydrogen-bond donors (Lipinski definition) is 0. The average Bonchev–Trinajstić information content (AvgIpc) is 2.96. The SMILES string of the molecule is COc1cc(/C=C2\SC(=O)N(Cc3ccc(Cl)cc3)C2=O)cc(OC)c1OC. The van der Waals surface area contributed by atoms with Gasteiger partial charge in [-0.2, -0.15) is 0 Å². The maximum atomic E-state index is 12.7. The molecular weight excluding hydrogens is 402 g/mol. The highest BCUT2D eigenvalue weighted by Gasteiger charge is 2.35. The Balaban J connectivity index is 1.88. The van der Waals surface area contributed by atoms with E-state index in [-0.39, 0.29) is 17.7 Å². The summed E-state index contributed by atoms with van der Waals surface area (Å²) in [5.41, 5.74) is 1.48. The molecule has 146 valence electrons. The molecule has 28 heavy (non-hydrogen) atoms. The molecule has 1 aliphatic heterocycles. The summed E-state index contributed by atoms with van der Waals surface area (Å²) in [6, 6.07) is 10.5. The highest BCUT2D eigenvalue weighted by Crippen LogP contribution is 2.40. The molecule has 1 heterocycles. The number of carbonyl (C=O) groups excluding carboxylic acids is 2. The molecule has 6 nitrogen and oxygen atoms in total. The Morgan fingerprint density at radius 1 is 1.00 bits per heavy atom. The largest absolute Gasteiger partial charge is 0.493 e. The minimum absolute atomic E-state index is 0.189. The number of thioether (sulfide) groups is 1. The van der Waals surface area contributed by atoms with Crippen molar-refractivity contribution in [1.82, 2.24) is 4.90 Å². The molecule has 0 N–H and O–H groups in total. The lowest BCUT2D eigenvalue weighted by Crippen LogP contribution is -2.27. The van der Waals surface area contributed by atoms with E-state index in [1.165, 1.54) is 26.2 Å². The normalized spacial score (nSPS) is 15.3. The number of ether oxygens (including phenoxy) is 3. The highest BCUT2D eigenvalue weighted by molar-refractivity contribution is 8.18. The van der Waals surface area contributed by atoms with Crippen molar-refractivity contribution in [3.8, 4) is 17.2 Å². The molecule has 3 rings (SSSR count). The molecule has 0 saturated carbocycles. The second kappa shape index (κ2) is 8.58. The Morgan fingerprint density at radius 3 is 2.14 bits per heavy atom. The first-order valence-corrected chi connectivity index (χ1v) is 9.46. The number of amides is 2. The molecule has 1 fully saturated rings. The molecule has 2 aromatic rings. The van der Waals surface area contributed by atoms with Crippen molar-refractivity contribution >= 4 is 40.6 Å². The van der Waals surface area contributed by atoms with E-state index in [4.69, 9.17) is 25.8 Å². The molecule has 2 aromatic carbocycles. The minimum atomic E-state index is -0.348. The third kappa shape index (κ3) is 4.10.